The van der Waals surface area contributed by atoms with Crippen molar-refractivity contribution in [1.29, 1.82) is 0 Å². The quantitative estimate of drug-likeness (QED) is 0.0261. The molecule has 0 aromatic heterocycles. The second kappa shape index (κ2) is 67.1. The number of unbranched alkanes of at least 4 members (excludes halogenated alkanes) is 27. The molecule has 0 saturated heterocycles. The van der Waals surface area contributed by atoms with Crippen LogP contribution in [-0.4, -0.2) is 37.2 Å². The Balaban J connectivity index is 4.45. The van der Waals surface area contributed by atoms with Crippen molar-refractivity contribution in [2.24, 2.45) is 0 Å². The Morgan fingerprint density at radius 3 is 0.875 bits per heavy atom. The molecular formula is C74H122O6. The van der Waals surface area contributed by atoms with Gasteiger partial charge in [0, 0.05) is 12.8 Å². The van der Waals surface area contributed by atoms with Gasteiger partial charge in [-0.05, 0) is 96.3 Å². The Morgan fingerprint density at radius 1 is 0.275 bits per heavy atom. The second-order valence-electron chi connectivity index (χ2n) is 21.6. The summed E-state index contributed by atoms with van der Waals surface area (Å²) in [5, 5.41) is 0. The zero-order chi connectivity index (χ0) is 57.8. The van der Waals surface area contributed by atoms with E-state index in [0.29, 0.717) is 12.8 Å². The van der Waals surface area contributed by atoms with Crippen LogP contribution in [0.15, 0.2) is 134 Å². The first kappa shape index (κ1) is 75.5. The van der Waals surface area contributed by atoms with Crippen LogP contribution < -0.4 is 0 Å². The maximum Gasteiger partial charge on any atom is 0.309 e. The van der Waals surface area contributed by atoms with Crippen LogP contribution in [0.2, 0.25) is 0 Å². The molecule has 0 aliphatic heterocycles. The lowest BCUT2D eigenvalue weighted by Gasteiger charge is -2.18. The van der Waals surface area contributed by atoms with Gasteiger partial charge in [0.25, 0.3) is 0 Å². The molecule has 80 heavy (non-hydrogen) atoms. The van der Waals surface area contributed by atoms with Crippen LogP contribution in [0, 0.1) is 0 Å². The van der Waals surface area contributed by atoms with E-state index in [1.807, 2.05) is 6.08 Å². The minimum absolute atomic E-state index is 0.118. The van der Waals surface area contributed by atoms with Crippen LogP contribution in [0.5, 0.6) is 0 Å². The topological polar surface area (TPSA) is 78.9 Å². The standard InChI is InChI=1S/C74H122O6/c1-4-7-10-13-16-19-22-25-28-30-32-34-36-37-38-40-41-43-46-49-52-55-58-61-64-67-73(76)79-70-71(69-78-72(75)66-63-60-57-54-51-48-45-27-24-21-18-15-12-9-6-3)80-74(77)68-65-62-59-56-53-50-47-44-42-39-35-33-31-29-26-23-20-17-14-11-8-5-2/h7,9-10,12,16,18-19,21,25,27-28,32,34,37-38,41,43,45,51,54,60,63,71H,4-6,8,11,13-15,17,20,22-24,26,29-31,33,35-36,39-40,42,44,46-50,52-53,55-59,61-62,64-70H2,1-3H3/b10-7-,12-9-,19-16-,21-18-,28-25-,34-32-,38-37-,43-41-,45-27-,54-51-,63-60-. The van der Waals surface area contributed by atoms with Gasteiger partial charge in [0.15, 0.2) is 6.10 Å². The Labute approximate surface area is 494 Å². The normalized spacial score (nSPS) is 13.0. The van der Waals surface area contributed by atoms with Gasteiger partial charge in [-0.3, -0.25) is 14.4 Å². The predicted molar refractivity (Wildman–Crippen MR) is 348 cm³/mol. The molecule has 1 unspecified atom stereocenters. The van der Waals surface area contributed by atoms with Gasteiger partial charge in [0.05, 0.1) is 6.42 Å². The van der Waals surface area contributed by atoms with Crippen molar-refractivity contribution in [3.05, 3.63) is 134 Å². The van der Waals surface area contributed by atoms with E-state index in [0.717, 1.165) is 122 Å². The molecule has 6 heteroatoms. The molecule has 0 heterocycles. The highest BCUT2D eigenvalue weighted by atomic mass is 16.6. The third-order valence-electron chi connectivity index (χ3n) is 13.9. The fraction of sp³-hybridized carbons (Fsp3) is 0.662. The molecule has 0 aliphatic rings. The van der Waals surface area contributed by atoms with Crippen molar-refractivity contribution in [3.63, 3.8) is 0 Å². The number of hydrogen-bond acceptors (Lipinski definition) is 6. The van der Waals surface area contributed by atoms with E-state index >= 15 is 0 Å². The lowest BCUT2D eigenvalue weighted by atomic mass is 10.0. The lowest BCUT2D eigenvalue weighted by Crippen LogP contribution is -2.30. The van der Waals surface area contributed by atoms with Gasteiger partial charge in [-0.25, -0.2) is 0 Å². The number of hydrogen-bond donors (Lipinski definition) is 0. The molecule has 0 amide bonds. The summed E-state index contributed by atoms with van der Waals surface area (Å²) in [4.78, 5) is 38.3. The summed E-state index contributed by atoms with van der Waals surface area (Å²) >= 11 is 0. The van der Waals surface area contributed by atoms with Gasteiger partial charge in [-0.2, -0.15) is 0 Å². The first-order valence-corrected chi connectivity index (χ1v) is 33.2. The van der Waals surface area contributed by atoms with E-state index in [2.05, 4.69) is 142 Å². The van der Waals surface area contributed by atoms with Crippen LogP contribution in [0.1, 0.15) is 297 Å². The van der Waals surface area contributed by atoms with Crippen molar-refractivity contribution < 1.29 is 28.6 Å². The van der Waals surface area contributed by atoms with E-state index in [1.165, 1.54) is 135 Å². The molecule has 1 atom stereocenters. The third-order valence-corrected chi connectivity index (χ3v) is 13.9. The fourth-order valence-corrected chi connectivity index (χ4v) is 9.05. The number of rotatable bonds is 59. The molecule has 0 spiro atoms. The summed E-state index contributed by atoms with van der Waals surface area (Å²) in [5.74, 6) is -1.06. The predicted octanol–water partition coefficient (Wildman–Crippen LogP) is 22.9. The van der Waals surface area contributed by atoms with Crippen molar-refractivity contribution in [3.8, 4) is 0 Å². The van der Waals surface area contributed by atoms with Crippen LogP contribution in [0.25, 0.3) is 0 Å². The minimum atomic E-state index is -0.829. The molecular weight excluding hydrogens is 985 g/mol. The van der Waals surface area contributed by atoms with Gasteiger partial charge < -0.3 is 14.2 Å². The third kappa shape index (κ3) is 64.4. The Hall–Kier alpha value is -4.45. The van der Waals surface area contributed by atoms with E-state index in [-0.39, 0.29) is 31.6 Å². The number of allylic oxidation sites excluding steroid dienone is 21. The first-order valence-electron chi connectivity index (χ1n) is 33.2. The summed E-state index contributed by atoms with van der Waals surface area (Å²) in [5.41, 5.74) is 0. The average Bonchev–Trinajstić information content (AvgIpc) is 3.46. The average molecular weight is 1110 g/mol. The molecule has 0 aromatic rings. The molecule has 0 N–H and O–H groups in total. The number of ether oxygens (including phenoxy) is 3. The van der Waals surface area contributed by atoms with Crippen LogP contribution in [0.3, 0.4) is 0 Å². The Kier molecular flexibility index (Phi) is 63.3. The summed E-state index contributed by atoms with van der Waals surface area (Å²) in [6, 6.07) is 0. The summed E-state index contributed by atoms with van der Waals surface area (Å²) in [6.45, 7) is 6.34. The second-order valence-corrected chi connectivity index (χ2v) is 21.6. The van der Waals surface area contributed by atoms with Crippen molar-refractivity contribution >= 4 is 17.9 Å². The zero-order valence-electron chi connectivity index (χ0n) is 52.0. The molecule has 0 radical (unpaired) electrons. The van der Waals surface area contributed by atoms with Crippen LogP contribution in [0.4, 0.5) is 0 Å². The van der Waals surface area contributed by atoms with E-state index in [1.54, 1.807) is 6.08 Å². The SMILES string of the molecule is CC/C=C\C/C=C\C/C=C\C/C=C\C/C=C\C/C=C\CCCCCCCCC(=O)OCC(COC(=O)C/C=C\C/C=C\C/C=C\C/C=C\C/C=C\CC)OC(=O)CCCCCCCCCCCCCCCCCCCCCCCC. The molecule has 0 rings (SSSR count). The summed E-state index contributed by atoms with van der Waals surface area (Å²) in [7, 11) is 0. The maximum absolute atomic E-state index is 12.9. The zero-order valence-corrected chi connectivity index (χ0v) is 52.0. The highest BCUT2D eigenvalue weighted by Crippen LogP contribution is 2.17. The minimum Gasteiger partial charge on any atom is -0.462 e. The molecule has 0 bridgehead atoms. The van der Waals surface area contributed by atoms with E-state index < -0.39 is 12.1 Å². The Bertz CT molecular complexity index is 1700. The van der Waals surface area contributed by atoms with Gasteiger partial charge in [-0.1, -0.05) is 315 Å². The van der Waals surface area contributed by atoms with Crippen LogP contribution in [-0.2, 0) is 28.6 Å². The molecule has 0 aromatic carbocycles. The van der Waals surface area contributed by atoms with Gasteiger partial charge in [0.2, 0.25) is 0 Å². The highest BCUT2D eigenvalue weighted by Gasteiger charge is 2.19. The smallest absolute Gasteiger partial charge is 0.309 e. The van der Waals surface area contributed by atoms with E-state index in [9.17, 15) is 14.4 Å². The van der Waals surface area contributed by atoms with Gasteiger partial charge in [-0.15, -0.1) is 0 Å². The van der Waals surface area contributed by atoms with Gasteiger partial charge in [0.1, 0.15) is 13.2 Å². The number of esters is 3. The number of carbonyl (C=O) groups excluding carboxylic acids is 3. The molecule has 454 valence electrons. The maximum atomic E-state index is 12.9. The summed E-state index contributed by atoms with van der Waals surface area (Å²) < 4.78 is 16.8. The van der Waals surface area contributed by atoms with Crippen molar-refractivity contribution in [1.82, 2.24) is 0 Å². The van der Waals surface area contributed by atoms with Gasteiger partial charge >= 0.3 is 17.9 Å². The van der Waals surface area contributed by atoms with Crippen molar-refractivity contribution in [2.75, 3.05) is 13.2 Å². The molecule has 6 nitrogen and oxygen atoms in total. The highest BCUT2D eigenvalue weighted by molar-refractivity contribution is 5.72. The lowest BCUT2D eigenvalue weighted by molar-refractivity contribution is -0.166. The first-order chi connectivity index (χ1) is 39.5. The molecule has 0 saturated carbocycles. The fourth-order valence-electron chi connectivity index (χ4n) is 9.05. The Morgan fingerprint density at radius 2 is 0.537 bits per heavy atom. The summed E-state index contributed by atoms with van der Waals surface area (Å²) in [6.07, 6.45) is 94.9. The molecule has 0 aliphatic carbocycles. The van der Waals surface area contributed by atoms with Crippen molar-refractivity contribution in [2.45, 2.75) is 303 Å². The van der Waals surface area contributed by atoms with E-state index in [4.69, 9.17) is 14.2 Å². The van der Waals surface area contributed by atoms with Crippen LogP contribution >= 0.6 is 0 Å². The molecule has 0 fully saturated rings. The largest absolute Gasteiger partial charge is 0.462 e. The monoisotopic (exact) mass is 1110 g/mol. The number of carbonyl (C=O) groups is 3.